The third kappa shape index (κ3) is 4.33. The predicted molar refractivity (Wildman–Crippen MR) is 127 cm³/mol. The fourth-order valence-corrected chi connectivity index (χ4v) is 3.91. The van der Waals surface area contributed by atoms with Crippen molar-refractivity contribution in [3.05, 3.63) is 70.1 Å². The third-order valence-corrected chi connectivity index (χ3v) is 5.63. The molecular weight excluding hydrogens is 452 g/mol. The minimum atomic E-state index is -0.399. The summed E-state index contributed by atoms with van der Waals surface area (Å²) in [4.78, 5) is 30.5. The second-order valence-electron chi connectivity index (χ2n) is 8.01. The van der Waals surface area contributed by atoms with Crippen LogP contribution in [-0.4, -0.2) is 34.5 Å². The number of benzene rings is 2. The van der Waals surface area contributed by atoms with Gasteiger partial charge in [0.1, 0.15) is 17.9 Å². The van der Waals surface area contributed by atoms with E-state index in [1.54, 1.807) is 69.5 Å². The van der Waals surface area contributed by atoms with E-state index in [1.807, 2.05) is 0 Å². The van der Waals surface area contributed by atoms with E-state index >= 15 is 0 Å². The number of aryl methyl sites for hydroxylation is 2. The van der Waals surface area contributed by atoms with Crippen LogP contribution in [0.5, 0.6) is 17.2 Å². The van der Waals surface area contributed by atoms with Crippen molar-refractivity contribution < 1.29 is 23.5 Å². The molecule has 2 aromatic heterocycles. The highest BCUT2D eigenvalue weighted by atomic mass is 16.7. The molecule has 35 heavy (non-hydrogen) atoms. The number of aromatic nitrogens is 3. The fraction of sp³-hybridized carbons (Fsp3) is 0.200. The summed E-state index contributed by atoms with van der Waals surface area (Å²) in [5.41, 5.74) is 2.36. The number of fused-ring (bicyclic) bond motifs is 1. The lowest BCUT2D eigenvalue weighted by molar-refractivity contribution is -0.116. The first-order chi connectivity index (χ1) is 16.9. The van der Waals surface area contributed by atoms with Gasteiger partial charge in [0.15, 0.2) is 11.5 Å². The summed E-state index contributed by atoms with van der Waals surface area (Å²) in [6.07, 6.45) is 0. The molecule has 1 N–H and O–H groups in total. The number of ether oxygens (including phenoxy) is 3. The van der Waals surface area contributed by atoms with Gasteiger partial charge >= 0.3 is 0 Å². The summed E-state index contributed by atoms with van der Waals surface area (Å²) in [5, 5.41) is 6.82. The number of hydrogen-bond donors (Lipinski definition) is 1. The smallest absolute Gasteiger partial charge is 0.264 e. The molecule has 0 atom stereocenters. The van der Waals surface area contributed by atoms with Gasteiger partial charge in [0.25, 0.3) is 11.4 Å². The Morgan fingerprint density at radius 2 is 1.94 bits per heavy atom. The maximum atomic E-state index is 13.4. The fourth-order valence-electron chi connectivity index (χ4n) is 3.91. The number of nitrogens with zero attached hydrogens (tertiary/aromatic N) is 3. The third-order valence-electron chi connectivity index (χ3n) is 5.63. The standard InChI is InChI=1S/C25H22N4O6/c1-14-9-15(2)29(12-21(30)26-17-5-4-6-18(11-17)32-3)25(31)22(14)24-27-23(28-35-24)16-7-8-19-20(10-16)34-13-33-19/h4-11H,12-13H2,1-3H3,(H,26,30). The second kappa shape index (κ2) is 8.98. The zero-order valence-electron chi connectivity index (χ0n) is 19.3. The number of hydrogen-bond acceptors (Lipinski definition) is 8. The topological polar surface area (TPSA) is 118 Å². The van der Waals surface area contributed by atoms with Crippen molar-refractivity contribution in [2.45, 2.75) is 20.4 Å². The minimum Gasteiger partial charge on any atom is -0.497 e. The molecule has 178 valence electrons. The maximum Gasteiger partial charge on any atom is 0.264 e. The van der Waals surface area contributed by atoms with E-state index in [2.05, 4.69) is 15.5 Å². The van der Waals surface area contributed by atoms with Gasteiger partial charge in [0.05, 0.1) is 7.11 Å². The van der Waals surface area contributed by atoms with E-state index in [0.29, 0.717) is 45.6 Å². The lowest BCUT2D eigenvalue weighted by atomic mass is 10.1. The van der Waals surface area contributed by atoms with Gasteiger partial charge in [-0.15, -0.1) is 0 Å². The first kappa shape index (κ1) is 22.2. The van der Waals surface area contributed by atoms with Crippen molar-refractivity contribution in [1.29, 1.82) is 0 Å². The van der Waals surface area contributed by atoms with Gasteiger partial charge in [-0.05, 0) is 55.8 Å². The molecule has 0 fully saturated rings. The summed E-state index contributed by atoms with van der Waals surface area (Å²) in [6.45, 7) is 3.53. The van der Waals surface area contributed by atoms with Crippen LogP contribution in [0.3, 0.4) is 0 Å². The molecule has 4 aromatic rings. The summed E-state index contributed by atoms with van der Waals surface area (Å²) in [6, 6.07) is 14.1. The summed E-state index contributed by atoms with van der Waals surface area (Å²) in [5.74, 6) is 1.86. The first-order valence-corrected chi connectivity index (χ1v) is 10.8. The molecule has 2 aromatic carbocycles. The Morgan fingerprint density at radius 1 is 1.11 bits per heavy atom. The van der Waals surface area contributed by atoms with Gasteiger partial charge in [-0.25, -0.2) is 0 Å². The zero-order valence-corrected chi connectivity index (χ0v) is 19.3. The van der Waals surface area contributed by atoms with E-state index in [9.17, 15) is 9.59 Å². The van der Waals surface area contributed by atoms with Crippen LogP contribution in [-0.2, 0) is 11.3 Å². The molecule has 0 unspecified atom stereocenters. The van der Waals surface area contributed by atoms with Crippen LogP contribution in [0, 0.1) is 13.8 Å². The quantitative estimate of drug-likeness (QED) is 0.451. The molecule has 0 radical (unpaired) electrons. The summed E-state index contributed by atoms with van der Waals surface area (Å²) < 4.78 is 22.7. The van der Waals surface area contributed by atoms with E-state index in [4.69, 9.17) is 18.7 Å². The van der Waals surface area contributed by atoms with Crippen molar-refractivity contribution in [3.63, 3.8) is 0 Å². The number of carbonyl (C=O) groups is 1. The molecular formula is C25H22N4O6. The van der Waals surface area contributed by atoms with Crippen molar-refractivity contribution in [1.82, 2.24) is 14.7 Å². The number of methoxy groups -OCH3 is 1. The SMILES string of the molecule is COc1cccc(NC(=O)Cn2c(C)cc(C)c(-c3nc(-c4ccc5c(c4)OCO5)no3)c2=O)c1. The molecule has 0 aliphatic carbocycles. The molecule has 10 heteroatoms. The Labute approximate surface area is 200 Å². The van der Waals surface area contributed by atoms with Gasteiger partial charge in [-0.3, -0.25) is 9.59 Å². The average Bonchev–Trinajstić information content (AvgIpc) is 3.51. The van der Waals surface area contributed by atoms with Gasteiger partial charge in [-0.1, -0.05) is 11.2 Å². The summed E-state index contributed by atoms with van der Waals surface area (Å²) in [7, 11) is 1.55. The molecule has 0 saturated heterocycles. The van der Waals surface area contributed by atoms with E-state index in [0.717, 1.165) is 0 Å². The van der Waals surface area contributed by atoms with Crippen molar-refractivity contribution in [2.75, 3.05) is 19.2 Å². The van der Waals surface area contributed by atoms with Crippen LogP contribution in [0.4, 0.5) is 5.69 Å². The van der Waals surface area contributed by atoms with Crippen LogP contribution in [0.25, 0.3) is 22.8 Å². The Balaban J connectivity index is 1.43. The number of amides is 1. The normalized spacial score (nSPS) is 12.0. The minimum absolute atomic E-state index is 0.0714. The van der Waals surface area contributed by atoms with Crippen molar-refractivity contribution in [2.24, 2.45) is 0 Å². The van der Waals surface area contributed by atoms with E-state index in [-0.39, 0.29) is 30.7 Å². The largest absolute Gasteiger partial charge is 0.497 e. The first-order valence-electron chi connectivity index (χ1n) is 10.8. The molecule has 3 heterocycles. The molecule has 1 aliphatic rings. The van der Waals surface area contributed by atoms with E-state index < -0.39 is 5.56 Å². The van der Waals surface area contributed by atoms with Gasteiger partial charge in [-0.2, -0.15) is 4.98 Å². The average molecular weight is 474 g/mol. The van der Waals surface area contributed by atoms with Crippen LogP contribution in [0.15, 0.2) is 57.8 Å². The Hall–Kier alpha value is -4.60. The van der Waals surface area contributed by atoms with Crippen LogP contribution in [0.1, 0.15) is 11.3 Å². The number of nitrogens with one attached hydrogen (secondary N) is 1. The highest BCUT2D eigenvalue weighted by molar-refractivity contribution is 5.90. The number of carbonyl (C=O) groups excluding carboxylic acids is 1. The lowest BCUT2D eigenvalue weighted by Crippen LogP contribution is -2.30. The van der Waals surface area contributed by atoms with Crippen LogP contribution >= 0.6 is 0 Å². The van der Waals surface area contributed by atoms with Gasteiger partial charge in [0, 0.05) is 23.0 Å². The second-order valence-corrected chi connectivity index (χ2v) is 8.01. The molecule has 1 aliphatic heterocycles. The number of pyridine rings is 1. The summed E-state index contributed by atoms with van der Waals surface area (Å²) >= 11 is 0. The van der Waals surface area contributed by atoms with Crippen molar-refractivity contribution >= 4 is 11.6 Å². The monoisotopic (exact) mass is 474 g/mol. The molecule has 5 rings (SSSR count). The maximum absolute atomic E-state index is 13.4. The van der Waals surface area contributed by atoms with Gasteiger partial charge in [0.2, 0.25) is 18.5 Å². The Morgan fingerprint density at radius 3 is 2.77 bits per heavy atom. The molecule has 0 bridgehead atoms. The number of rotatable bonds is 6. The molecule has 0 spiro atoms. The highest BCUT2D eigenvalue weighted by Crippen LogP contribution is 2.35. The van der Waals surface area contributed by atoms with Crippen LogP contribution < -0.4 is 25.1 Å². The Bertz CT molecular complexity index is 1490. The molecule has 0 saturated carbocycles. The lowest BCUT2D eigenvalue weighted by Gasteiger charge is -2.13. The Kier molecular flexibility index (Phi) is 5.69. The number of anilines is 1. The van der Waals surface area contributed by atoms with Crippen LogP contribution in [0.2, 0.25) is 0 Å². The van der Waals surface area contributed by atoms with Crippen molar-refractivity contribution in [3.8, 4) is 40.1 Å². The predicted octanol–water partition coefficient (Wildman–Crippen LogP) is 3.56. The van der Waals surface area contributed by atoms with E-state index in [1.165, 1.54) is 4.57 Å². The molecule has 1 amide bonds. The highest BCUT2D eigenvalue weighted by Gasteiger charge is 2.21. The van der Waals surface area contributed by atoms with Gasteiger partial charge < -0.3 is 28.6 Å². The molecule has 10 nitrogen and oxygen atoms in total. The zero-order chi connectivity index (χ0) is 24.5.